The van der Waals surface area contributed by atoms with E-state index in [1.54, 1.807) is 12.3 Å². The molecule has 0 aliphatic carbocycles. The van der Waals surface area contributed by atoms with Crippen LogP contribution < -0.4 is 11.5 Å². The Balaban J connectivity index is 2.57. The van der Waals surface area contributed by atoms with Crippen molar-refractivity contribution >= 4 is 21.7 Å². The number of rotatable bonds is 2. The van der Waals surface area contributed by atoms with E-state index in [1.807, 2.05) is 6.92 Å². The van der Waals surface area contributed by atoms with Crippen molar-refractivity contribution in [1.29, 1.82) is 0 Å². The first kappa shape index (κ1) is 13.9. The average Bonchev–Trinajstić information content (AvgIpc) is 2.35. The van der Waals surface area contributed by atoms with Crippen molar-refractivity contribution in [2.75, 3.05) is 5.73 Å². The first-order valence-corrected chi connectivity index (χ1v) is 6.32. The molecule has 4 N–H and O–H groups in total. The van der Waals surface area contributed by atoms with Crippen LogP contribution in [0.5, 0.6) is 0 Å². The topological polar surface area (TPSA) is 64.9 Å². The van der Waals surface area contributed by atoms with E-state index in [4.69, 9.17) is 11.5 Å². The number of aryl methyl sites for hydroxylation is 1. The number of halogens is 3. The van der Waals surface area contributed by atoms with Crippen LogP contribution in [0.2, 0.25) is 0 Å². The Morgan fingerprint density at radius 3 is 2.58 bits per heavy atom. The lowest BCUT2D eigenvalue weighted by molar-refractivity contribution is 0.501. The number of benzene rings is 1. The fourth-order valence-electron chi connectivity index (χ4n) is 1.93. The molecule has 0 saturated carbocycles. The van der Waals surface area contributed by atoms with Gasteiger partial charge in [-0.1, -0.05) is 6.07 Å². The molecular formula is C13H12BrF2N3. The van der Waals surface area contributed by atoms with E-state index in [1.165, 1.54) is 6.07 Å². The Bertz CT molecular complexity index is 611. The molecule has 0 radical (unpaired) electrons. The summed E-state index contributed by atoms with van der Waals surface area (Å²) >= 11 is 3.02. The largest absolute Gasteiger partial charge is 0.383 e. The first-order chi connectivity index (χ1) is 8.93. The molecule has 0 saturated heterocycles. The van der Waals surface area contributed by atoms with E-state index in [2.05, 4.69) is 20.9 Å². The number of anilines is 1. The van der Waals surface area contributed by atoms with Gasteiger partial charge in [0.1, 0.15) is 5.82 Å². The molecule has 6 heteroatoms. The highest BCUT2D eigenvalue weighted by atomic mass is 79.9. The molecule has 1 unspecified atom stereocenters. The summed E-state index contributed by atoms with van der Waals surface area (Å²) in [7, 11) is 0. The standard InChI is InChI=1S/C13H12BrF2N3/c1-6-4-5-19-13(18)9(6)12(17)7-2-3-8(15)11(16)10(7)14/h2-5,12H,17H2,1H3,(H2,18,19). The summed E-state index contributed by atoms with van der Waals surface area (Å²) < 4.78 is 26.6. The molecule has 100 valence electrons. The van der Waals surface area contributed by atoms with Crippen LogP contribution in [-0.2, 0) is 0 Å². The molecule has 1 heterocycles. The predicted octanol–water partition coefficient (Wildman–Crippen LogP) is 3.06. The average molecular weight is 328 g/mol. The Morgan fingerprint density at radius 1 is 1.26 bits per heavy atom. The summed E-state index contributed by atoms with van der Waals surface area (Å²) in [5.41, 5.74) is 13.8. The minimum Gasteiger partial charge on any atom is -0.383 e. The van der Waals surface area contributed by atoms with E-state index in [0.717, 1.165) is 11.6 Å². The molecule has 0 fully saturated rings. The van der Waals surface area contributed by atoms with Gasteiger partial charge in [0.2, 0.25) is 0 Å². The number of nitrogens with two attached hydrogens (primary N) is 2. The van der Waals surface area contributed by atoms with Gasteiger partial charge in [0.25, 0.3) is 0 Å². The maximum Gasteiger partial charge on any atom is 0.173 e. The highest BCUT2D eigenvalue weighted by Gasteiger charge is 2.21. The van der Waals surface area contributed by atoms with E-state index in [-0.39, 0.29) is 10.3 Å². The molecule has 1 aromatic heterocycles. The molecule has 1 aromatic carbocycles. The number of hydrogen-bond acceptors (Lipinski definition) is 3. The van der Waals surface area contributed by atoms with Gasteiger partial charge in [0.05, 0.1) is 10.5 Å². The van der Waals surface area contributed by atoms with Crippen molar-refractivity contribution in [1.82, 2.24) is 4.98 Å². The number of nitrogens with zero attached hydrogens (tertiary/aromatic N) is 1. The molecular weight excluding hydrogens is 316 g/mol. The summed E-state index contributed by atoms with van der Waals surface area (Å²) in [6, 6.07) is 3.55. The minimum atomic E-state index is -0.965. The Kier molecular flexibility index (Phi) is 3.82. The quantitative estimate of drug-likeness (QED) is 0.833. The van der Waals surface area contributed by atoms with Crippen LogP contribution >= 0.6 is 15.9 Å². The summed E-state index contributed by atoms with van der Waals surface area (Å²) in [5.74, 6) is -1.61. The van der Waals surface area contributed by atoms with Gasteiger partial charge in [0, 0.05) is 11.8 Å². The highest BCUT2D eigenvalue weighted by Crippen LogP contribution is 2.33. The van der Waals surface area contributed by atoms with Gasteiger partial charge in [0.15, 0.2) is 11.6 Å². The molecule has 0 spiro atoms. The van der Waals surface area contributed by atoms with Crippen LogP contribution in [0.15, 0.2) is 28.9 Å². The third-order valence-corrected chi connectivity index (χ3v) is 3.76. The SMILES string of the molecule is Cc1ccnc(N)c1C(N)c1ccc(F)c(F)c1Br. The van der Waals surface area contributed by atoms with E-state index in [9.17, 15) is 8.78 Å². The zero-order valence-electron chi connectivity index (χ0n) is 10.1. The van der Waals surface area contributed by atoms with Gasteiger partial charge in [-0.2, -0.15) is 0 Å². The van der Waals surface area contributed by atoms with Crippen LogP contribution in [0.25, 0.3) is 0 Å². The molecule has 0 bridgehead atoms. The lowest BCUT2D eigenvalue weighted by atomic mass is 9.96. The molecule has 3 nitrogen and oxygen atoms in total. The number of nitrogen functional groups attached to an aromatic ring is 1. The fourth-order valence-corrected chi connectivity index (χ4v) is 2.50. The smallest absolute Gasteiger partial charge is 0.173 e. The van der Waals surface area contributed by atoms with Gasteiger partial charge in [-0.3, -0.25) is 0 Å². The Labute approximate surface area is 117 Å². The van der Waals surface area contributed by atoms with Gasteiger partial charge < -0.3 is 11.5 Å². The minimum absolute atomic E-state index is 0.00246. The van der Waals surface area contributed by atoms with Gasteiger partial charge in [-0.05, 0) is 46.1 Å². The lowest BCUT2D eigenvalue weighted by Gasteiger charge is -2.18. The van der Waals surface area contributed by atoms with E-state index < -0.39 is 17.7 Å². The Hall–Kier alpha value is -1.53. The molecule has 0 amide bonds. The summed E-state index contributed by atoms with van der Waals surface area (Å²) in [5, 5.41) is 0. The van der Waals surface area contributed by atoms with Crippen LogP contribution in [-0.4, -0.2) is 4.98 Å². The summed E-state index contributed by atoms with van der Waals surface area (Å²) in [4.78, 5) is 3.97. The third-order valence-electron chi connectivity index (χ3n) is 2.95. The van der Waals surface area contributed by atoms with Crippen molar-refractivity contribution in [2.24, 2.45) is 5.73 Å². The third kappa shape index (κ3) is 2.46. The lowest BCUT2D eigenvalue weighted by Crippen LogP contribution is -2.17. The van der Waals surface area contributed by atoms with Crippen LogP contribution in [0.4, 0.5) is 14.6 Å². The van der Waals surface area contributed by atoms with Crippen molar-refractivity contribution in [3.05, 3.63) is 57.2 Å². The number of aromatic nitrogens is 1. The summed E-state index contributed by atoms with van der Waals surface area (Å²) in [6.45, 7) is 1.83. The zero-order chi connectivity index (χ0) is 14.2. The molecule has 2 aromatic rings. The second kappa shape index (κ2) is 5.22. The fraction of sp³-hybridized carbons (Fsp3) is 0.154. The molecule has 2 rings (SSSR count). The normalized spacial score (nSPS) is 12.5. The summed E-state index contributed by atoms with van der Waals surface area (Å²) in [6.07, 6.45) is 1.57. The van der Waals surface area contributed by atoms with Crippen molar-refractivity contribution in [3.8, 4) is 0 Å². The molecule has 0 aliphatic heterocycles. The number of hydrogen-bond donors (Lipinski definition) is 2. The van der Waals surface area contributed by atoms with Crippen LogP contribution in [0.1, 0.15) is 22.7 Å². The van der Waals surface area contributed by atoms with E-state index >= 15 is 0 Å². The van der Waals surface area contributed by atoms with Gasteiger partial charge in [-0.25, -0.2) is 13.8 Å². The Morgan fingerprint density at radius 2 is 1.95 bits per heavy atom. The maximum atomic E-state index is 13.5. The first-order valence-electron chi connectivity index (χ1n) is 5.53. The van der Waals surface area contributed by atoms with Crippen LogP contribution in [0, 0.1) is 18.6 Å². The molecule has 1 atom stereocenters. The van der Waals surface area contributed by atoms with Crippen molar-refractivity contribution in [2.45, 2.75) is 13.0 Å². The van der Waals surface area contributed by atoms with Gasteiger partial charge in [-0.15, -0.1) is 0 Å². The van der Waals surface area contributed by atoms with Gasteiger partial charge >= 0.3 is 0 Å². The van der Waals surface area contributed by atoms with Crippen LogP contribution in [0.3, 0.4) is 0 Å². The van der Waals surface area contributed by atoms with Crippen molar-refractivity contribution < 1.29 is 8.78 Å². The molecule has 19 heavy (non-hydrogen) atoms. The monoisotopic (exact) mass is 327 g/mol. The predicted molar refractivity (Wildman–Crippen MR) is 73.5 cm³/mol. The highest BCUT2D eigenvalue weighted by molar-refractivity contribution is 9.10. The molecule has 0 aliphatic rings. The van der Waals surface area contributed by atoms with Crippen molar-refractivity contribution in [3.63, 3.8) is 0 Å². The number of pyridine rings is 1. The van der Waals surface area contributed by atoms with E-state index in [0.29, 0.717) is 11.1 Å². The maximum absolute atomic E-state index is 13.5. The second-order valence-corrected chi connectivity index (χ2v) is 4.96. The second-order valence-electron chi connectivity index (χ2n) is 4.17. The zero-order valence-corrected chi connectivity index (χ0v) is 11.7.